The summed E-state index contributed by atoms with van der Waals surface area (Å²) in [5.41, 5.74) is 5.10. The van der Waals surface area contributed by atoms with Crippen LogP contribution in [0.25, 0.3) is 11.2 Å². The zero-order valence-electron chi connectivity index (χ0n) is 16.2. The minimum absolute atomic E-state index is 0.141. The van der Waals surface area contributed by atoms with Crippen LogP contribution in [0.2, 0.25) is 0 Å². The number of carbonyl (C=O) groups is 1. The van der Waals surface area contributed by atoms with E-state index in [0.717, 1.165) is 0 Å². The van der Waals surface area contributed by atoms with Gasteiger partial charge in [-0.15, -0.1) is 0 Å². The molecule has 0 radical (unpaired) electrons. The third-order valence-electron chi connectivity index (χ3n) is 4.98. The molecule has 1 aliphatic heterocycles. The van der Waals surface area contributed by atoms with Crippen LogP contribution in [0, 0.1) is 5.92 Å². The van der Waals surface area contributed by atoms with Gasteiger partial charge in [0.1, 0.15) is 29.6 Å². The van der Waals surface area contributed by atoms with Crippen LogP contribution in [0.15, 0.2) is 12.7 Å². The topological polar surface area (TPSA) is 158 Å². The van der Waals surface area contributed by atoms with E-state index in [1.54, 1.807) is 20.9 Å². The molecule has 11 nitrogen and oxygen atoms in total. The molecular formula is C17H26N6O5. The summed E-state index contributed by atoms with van der Waals surface area (Å²) in [5.74, 6) is -0.290. The van der Waals surface area contributed by atoms with E-state index in [2.05, 4.69) is 20.3 Å². The van der Waals surface area contributed by atoms with Crippen molar-refractivity contribution in [2.45, 2.75) is 50.8 Å². The van der Waals surface area contributed by atoms with Gasteiger partial charge in [-0.05, 0) is 12.8 Å². The van der Waals surface area contributed by atoms with Gasteiger partial charge in [0.05, 0.1) is 12.9 Å². The molecule has 0 saturated carbocycles. The molecule has 0 amide bonds. The Morgan fingerprint density at radius 3 is 2.79 bits per heavy atom. The van der Waals surface area contributed by atoms with Crippen molar-refractivity contribution in [3.8, 4) is 0 Å². The zero-order chi connectivity index (χ0) is 20.6. The quantitative estimate of drug-likeness (QED) is 0.466. The number of aliphatic hydroxyl groups excluding tert-OH is 1. The molecule has 1 saturated heterocycles. The lowest BCUT2D eigenvalue weighted by molar-refractivity contribution is -0.166. The van der Waals surface area contributed by atoms with E-state index in [4.69, 9.17) is 15.2 Å². The Hall–Kier alpha value is -2.34. The average Bonchev–Trinajstić information content (AvgIpc) is 3.19. The Kier molecular flexibility index (Phi) is 5.53. The van der Waals surface area contributed by atoms with Gasteiger partial charge in [-0.1, -0.05) is 13.8 Å². The highest BCUT2D eigenvalue weighted by atomic mass is 16.6. The fourth-order valence-corrected chi connectivity index (χ4v) is 3.26. The molecular weight excluding hydrogens is 368 g/mol. The van der Waals surface area contributed by atoms with Crippen molar-refractivity contribution in [1.29, 1.82) is 0 Å². The van der Waals surface area contributed by atoms with E-state index in [1.165, 1.54) is 24.1 Å². The second kappa shape index (κ2) is 7.59. The summed E-state index contributed by atoms with van der Waals surface area (Å²) in [5, 5.41) is 23.8. The number of imidazole rings is 1. The second-order valence-corrected chi connectivity index (χ2v) is 7.36. The molecule has 0 aliphatic carbocycles. The summed E-state index contributed by atoms with van der Waals surface area (Å²) < 4.78 is 12.8. The fourth-order valence-electron chi connectivity index (χ4n) is 3.26. The summed E-state index contributed by atoms with van der Waals surface area (Å²) in [6.07, 6.45) is -0.243. The number of fused-ring (bicyclic) bond motifs is 1. The number of hydrogen-bond donors (Lipinski definition) is 4. The summed E-state index contributed by atoms with van der Waals surface area (Å²) >= 11 is 0. The lowest BCUT2D eigenvalue weighted by atomic mass is 9.95. The second-order valence-electron chi connectivity index (χ2n) is 7.36. The molecule has 0 unspecified atom stereocenters. The van der Waals surface area contributed by atoms with Gasteiger partial charge in [-0.3, -0.25) is 9.36 Å². The molecule has 28 heavy (non-hydrogen) atoms. The van der Waals surface area contributed by atoms with Crippen LogP contribution in [0.4, 0.5) is 5.82 Å². The van der Waals surface area contributed by atoms with Crippen molar-refractivity contribution >= 4 is 23.0 Å². The SMILES string of the molecule is CNc1ncnc2c1ncn2[C@@H]1O[C@H](CO)[C@@H](OC(=O)[C@@H](N)C(C)C)[C@@]1(C)O. The average molecular weight is 394 g/mol. The first-order valence-electron chi connectivity index (χ1n) is 9.02. The van der Waals surface area contributed by atoms with E-state index < -0.39 is 42.7 Å². The number of aliphatic hydroxyl groups is 2. The van der Waals surface area contributed by atoms with Crippen LogP contribution >= 0.6 is 0 Å². The molecule has 3 heterocycles. The predicted molar refractivity (Wildman–Crippen MR) is 99.2 cm³/mol. The number of aromatic nitrogens is 4. The van der Waals surface area contributed by atoms with Gasteiger partial charge < -0.3 is 30.7 Å². The van der Waals surface area contributed by atoms with E-state index >= 15 is 0 Å². The number of ether oxygens (including phenoxy) is 2. The molecule has 0 aromatic carbocycles. The zero-order valence-corrected chi connectivity index (χ0v) is 16.2. The van der Waals surface area contributed by atoms with Gasteiger partial charge in [-0.25, -0.2) is 15.0 Å². The van der Waals surface area contributed by atoms with Crippen molar-refractivity contribution in [3.63, 3.8) is 0 Å². The van der Waals surface area contributed by atoms with Crippen LogP contribution in [0.1, 0.15) is 27.0 Å². The number of nitrogens with zero attached hydrogens (tertiary/aromatic N) is 4. The maximum Gasteiger partial charge on any atom is 0.323 e. The van der Waals surface area contributed by atoms with Crippen LogP contribution in [0.5, 0.6) is 0 Å². The van der Waals surface area contributed by atoms with Gasteiger partial charge in [0.25, 0.3) is 0 Å². The standard InChI is InChI=1S/C17H26N6O5/c1-8(2)10(18)15(25)28-12-9(5-24)27-16(17(12,3)26)23-7-22-11-13(19-4)20-6-21-14(11)23/h6-10,12,16,24,26H,5,18H2,1-4H3,(H,19,20,21)/t9-,10+,12-,16-,17-/m1/s1. The number of carbonyl (C=O) groups excluding carboxylic acids is 1. The van der Waals surface area contributed by atoms with Gasteiger partial charge in [0.2, 0.25) is 0 Å². The largest absolute Gasteiger partial charge is 0.455 e. The molecule has 1 fully saturated rings. The normalized spacial score (nSPS) is 28.6. The molecule has 0 bridgehead atoms. The van der Waals surface area contributed by atoms with Crippen molar-refractivity contribution in [2.75, 3.05) is 19.0 Å². The van der Waals surface area contributed by atoms with Crippen LogP contribution in [-0.4, -0.2) is 73.2 Å². The number of esters is 1. The van der Waals surface area contributed by atoms with Crippen molar-refractivity contribution < 1.29 is 24.5 Å². The number of rotatable bonds is 6. The first-order chi connectivity index (χ1) is 13.2. The Balaban J connectivity index is 1.95. The molecule has 2 aromatic heterocycles. The Bertz CT molecular complexity index is 854. The first-order valence-corrected chi connectivity index (χ1v) is 9.02. The summed E-state index contributed by atoms with van der Waals surface area (Å²) in [7, 11) is 1.71. The Morgan fingerprint density at radius 2 is 2.18 bits per heavy atom. The van der Waals surface area contributed by atoms with Crippen molar-refractivity contribution in [2.24, 2.45) is 11.7 Å². The highest BCUT2D eigenvalue weighted by Crippen LogP contribution is 2.41. The van der Waals surface area contributed by atoms with Crippen LogP contribution in [-0.2, 0) is 14.3 Å². The van der Waals surface area contributed by atoms with Crippen LogP contribution < -0.4 is 11.1 Å². The molecule has 11 heteroatoms. The number of hydrogen-bond acceptors (Lipinski definition) is 10. The van der Waals surface area contributed by atoms with E-state index in [9.17, 15) is 15.0 Å². The highest BCUT2D eigenvalue weighted by molar-refractivity contribution is 5.82. The maximum atomic E-state index is 12.3. The first kappa shape index (κ1) is 20.4. The van der Waals surface area contributed by atoms with Gasteiger partial charge >= 0.3 is 5.97 Å². The maximum absolute atomic E-state index is 12.3. The summed E-state index contributed by atoms with van der Waals surface area (Å²) in [6, 6.07) is -0.853. The van der Waals surface area contributed by atoms with Crippen molar-refractivity contribution in [1.82, 2.24) is 19.5 Å². The molecule has 5 atom stereocenters. The lowest BCUT2D eigenvalue weighted by Gasteiger charge is -2.30. The lowest BCUT2D eigenvalue weighted by Crippen LogP contribution is -2.50. The van der Waals surface area contributed by atoms with Crippen molar-refractivity contribution in [3.05, 3.63) is 12.7 Å². The fraction of sp³-hybridized carbons (Fsp3) is 0.647. The minimum atomic E-state index is -1.67. The third-order valence-corrected chi connectivity index (χ3v) is 4.98. The summed E-state index contributed by atoms with van der Waals surface area (Å²) in [6.45, 7) is 4.60. The van der Waals surface area contributed by atoms with Gasteiger partial charge in [0.15, 0.2) is 23.8 Å². The number of anilines is 1. The predicted octanol–water partition coefficient (Wildman–Crippen LogP) is -0.596. The van der Waals surface area contributed by atoms with E-state index in [1.807, 2.05) is 0 Å². The van der Waals surface area contributed by atoms with Crippen LogP contribution in [0.3, 0.4) is 0 Å². The molecule has 5 N–H and O–H groups in total. The molecule has 154 valence electrons. The number of nitrogens with one attached hydrogen (secondary N) is 1. The molecule has 3 rings (SSSR count). The minimum Gasteiger partial charge on any atom is -0.455 e. The van der Waals surface area contributed by atoms with Gasteiger partial charge in [0, 0.05) is 7.05 Å². The Labute approximate surface area is 161 Å². The third kappa shape index (κ3) is 3.30. The Morgan fingerprint density at radius 1 is 1.46 bits per heavy atom. The smallest absolute Gasteiger partial charge is 0.323 e. The summed E-state index contributed by atoms with van der Waals surface area (Å²) in [4.78, 5) is 24.9. The van der Waals surface area contributed by atoms with E-state index in [-0.39, 0.29) is 5.92 Å². The molecule has 0 spiro atoms. The van der Waals surface area contributed by atoms with E-state index in [0.29, 0.717) is 17.0 Å². The molecule has 1 aliphatic rings. The monoisotopic (exact) mass is 394 g/mol. The van der Waals surface area contributed by atoms with Gasteiger partial charge in [-0.2, -0.15) is 0 Å². The number of nitrogens with two attached hydrogens (primary N) is 1. The highest BCUT2D eigenvalue weighted by Gasteiger charge is 2.56. The molecule has 2 aromatic rings.